The van der Waals surface area contributed by atoms with Crippen LogP contribution < -0.4 is 10.4 Å². The van der Waals surface area contributed by atoms with Crippen molar-refractivity contribution >= 4 is 18.8 Å². The molecule has 0 atom stereocenters. The van der Waals surface area contributed by atoms with Gasteiger partial charge >= 0.3 is 5.63 Å². The van der Waals surface area contributed by atoms with Gasteiger partial charge in [0.05, 0.1) is 12.7 Å². The van der Waals surface area contributed by atoms with Gasteiger partial charge in [0, 0.05) is 17.0 Å². The number of rotatable bonds is 7. The van der Waals surface area contributed by atoms with Gasteiger partial charge in [0.2, 0.25) is 5.82 Å². The van der Waals surface area contributed by atoms with Gasteiger partial charge < -0.3 is 9.15 Å². The van der Waals surface area contributed by atoms with Crippen molar-refractivity contribution in [3.05, 3.63) is 64.0 Å². The van der Waals surface area contributed by atoms with Crippen LogP contribution in [0.1, 0.15) is 37.3 Å². The smallest absolute Gasteiger partial charge is 0.344 e. The number of ether oxygens (including phenoxy) is 1. The molecule has 3 aromatic rings. The number of alkyl halides is 2. The van der Waals surface area contributed by atoms with Crippen LogP contribution in [0.25, 0.3) is 22.1 Å². The summed E-state index contributed by atoms with van der Waals surface area (Å²) in [6, 6.07) is 11.6. The number of benzene rings is 2. The molecule has 28 heavy (non-hydrogen) atoms. The molecule has 0 fully saturated rings. The van der Waals surface area contributed by atoms with E-state index in [2.05, 4.69) is 6.92 Å². The van der Waals surface area contributed by atoms with E-state index >= 15 is 0 Å². The fourth-order valence-corrected chi connectivity index (χ4v) is 3.33. The quantitative estimate of drug-likeness (QED) is 0.331. The normalized spacial score (nSPS) is 11.7. The van der Waals surface area contributed by atoms with Crippen molar-refractivity contribution in [1.82, 2.24) is 0 Å². The van der Waals surface area contributed by atoms with Crippen LogP contribution in [0, 0.1) is 0 Å². The van der Waals surface area contributed by atoms with Crippen molar-refractivity contribution in [3.63, 3.8) is 0 Å². The zero-order chi connectivity index (χ0) is 20.3. The molecule has 1 aromatic heterocycles. The molecular formula is C22H23BF2O3. The summed E-state index contributed by atoms with van der Waals surface area (Å²) in [7, 11) is 2.38. The van der Waals surface area contributed by atoms with E-state index in [-0.39, 0.29) is 16.7 Å². The molecule has 0 saturated carbocycles. The molecule has 146 valence electrons. The third kappa shape index (κ3) is 4.27. The van der Waals surface area contributed by atoms with Gasteiger partial charge in [0.1, 0.15) is 11.3 Å². The highest BCUT2D eigenvalue weighted by Crippen LogP contribution is 2.35. The van der Waals surface area contributed by atoms with E-state index in [0.717, 1.165) is 39.1 Å². The maximum absolute atomic E-state index is 14.4. The Labute approximate surface area is 163 Å². The van der Waals surface area contributed by atoms with Crippen LogP contribution in [-0.4, -0.2) is 15.0 Å². The lowest BCUT2D eigenvalue weighted by molar-refractivity contribution is 0.0947. The Bertz CT molecular complexity index is 1040. The Kier molecular flexibility index (Phi) is 5.87. The highest BCUT2D eigenvalue weighted by atomic mass is 19.3. The first-order valence-corrected chi connectivity index (χ1v) is 9.47. The van der Waals surface area contributed by atoms with E-state index in [0.29, 0.717) is 16.7 Å². The summed E-state index contributed by atoms with van der Waals surface area (Å²) >= 11 is 0. The lowest BCUT2D eigenvalue weighted by atomic mass is 9.84. The molecule has 1 heterocycles. The van der Waals surface area contributed by atoms with Crippen molar-refractivity contribution in [1.29, 1.82) is 0 Å². The monoisotopic (exact) mass is 384 g/mol. The third-order valence-electron chi connectivity index (χ3n) is 4.86. The fourth-order valence-electron chi connectivity index (χ4n) is 3.33. The Morgan fingerprint density at radius 3 is 2.54 bits per heavy atom. The number of methoxy groups -OCH3 is 1. The highest BCUT2D eigenvalue weighted by molar-refractivity contribution is 6.14. The van der Waals surface area contributed by atoms with E-state index < -0.39 is 11.4 Å². The van der Waals surface area contributed by atoms with Gasteiger partial charge in [-0.3, -0.25) is 0 Å². The van der Waals surface area contributed by atoms with Crippen LogP contribution in [0.5, 0.6) is 5.75 Å². The lowest BCUT2D eigenvalue weighted by Gasteiger charge is -2.18. The largest absolute Gasteiger partial charge is 0.497 e. The Morgan fingerprint density at radius 2 is 1.86 bits per heavy atom. The van der Waals surface area contributed by atoms with Gasteiger partial charge in [0.25, 0.3) is 0 Å². The highest BCUT2D eigenvalue weighted by Gasteiger charge is 2.29. The van der Waals surface area contributed by atoms with Gasteiger partial charge in [0.15, 0.2) is 7.85 Å². The molecule has 0 aliphatic carbocycles. The summed E-state index contributed by atoms with van der Waals surface area (Å²) in [5.74, 6) is -2.52. The van der Waals surface area contributed by atoms with Crippen LogP contribution in [0.4, 0.5) is 8.78 Å². The zero-order valence-corrected chi connectivity index (χ0v) is 16.4. The number of halogens is 2. The summed E-state index contributed by atoms with van der Waals surface area (Å²) in [5.41, 5.74) is 0.747. The first-order chi connectivity index (χ1) is 13.3. The Hall–Kier alpha value is -2.63. The molecule has 0 amide bonds. The molecule has 3 nitrogen and oxygen atoms in total. The second kappa shape index (κ2) is 8.17. The van der Waals surface area contributed by atoms with Gasteiger partial charge in [-0.2, -0.15) is 0 Å². The number of hydrogen-bond donors (Lipinski definition) is 0. The van der Waals surface area contributed by atoms with Crippen molar-refractivity contribution in [2.24, 2.45) is 0 Å². The lowest BCUT2D eigenvalue weighted by Crippen LogP contribution is -2.16. The van der Waals surface area contributed by atoms with Crippen LogP contribution >= 0.6 is 0 Å². The minimum Gasteiger partial charge on any atom is -0.497 e. The molecule has 0 saturated heterocycles. The second-order valence-electron chi connectivity index (χ2n) is 7.08. The summed E-state index contributed by atoms with van der Waals surface area (Å²) < 4.78 is 39.2. The fraction of sp³-hybridized carbons (Fsp3) is 0.318. The van der Waals surface area contributed by atoms with Crippen LogP contribution in [0.3, 0.4) is 0 Å². The van der Waals surface area contributed by atoms with Gasteiger partial charge in [-0.1, -0.05) is 38.0 Å². The third-order valence-corrected chi connectivity index (χ3v) is 4.86. The van der Waals surface area contributed by atoms with E-state index in [1.807, 2.05) is 6.07 Å². The minimum absolute atomic E-state index is 0.134. The molecule has 0 aliphatic rings. The summed E-state index contributed by atoms with van der Waals surface area (Å²) in [4.78, 5) is 12.6. The topological polar surface area (TPSA) is 39.4 Å². The van der Waals surface area contributed by atoms with E-state index in [4.69, 9.17) is 9.15 Å². The maximum Gasteiger partial charge on any atom is 0.344 e. The maximum atomic E-state index is 14.4. The average Bonchev–Trinajstić information content (AvgIpc) is 2.66. The van der Waals surface area contributed by atoms with E-state index in [1.165, 1.54) is 13.2 Å². The molecule has 0 unspecified atom stereocenters. The predicted molar refractivity (Wildman–Crippen MR) is 110 cm³/mol. The molecule has 0 spiro atoms. The molecule has 0 aliphatic heterocycles. The minimum atomic E-state index is -3.07. The van der Waals surface area contributed by atoms with Gasteiger partial charge in [-0.15, -0.1) is 0 Å². The number of aryl methyl sites for hydroxylation is 1. The second-order valence-corrected chi connectivity index (χ2v) is 7.08. The predicted octanol–water partition coefficient (Wildman–Crippen LogP) is 4.88. The first kappa shape index (κ1) is 20.1. The first-order valence-electron chi connectivity index (χ1n) is 9.47. The molecular weight excluding hydrogens is 361 g/mol. The van der Waals surface area contributed by atoms with Crippen LogP contribution in [-0.2, 0) is 12.2 Å². The molecule has 0 bridgehead atoms. The zero-order valence-electron chi connectivity index (χ0n) is 16.4. The van der Waals surface area contributed by atoms with Crippen molar-refractivity contribution in [3.8, 4) is 16.9 Å². The van der Waals surface area contributed by atoms with Crippen molar-refractivity contribution < 1.29 is 17.9 Å². The molecule has 2 aromatic carbocycles. The molecule has 0 N–H and O–H groups in total. The average molecular weight is 384 g/mol. The summed E-state index contributed by atoms with van der Waals surface area (Å²) in [6.07, 6.45) is 3.81. The Morgan fingerprint density at radius 1 is 1.07 bits per heavy atom. The number of fused-ring (bicyclic) bond motifs is 1. The van der Waals surface area contributed by atoms with E-state index in [9.17, 15) is 13.6 Å². The van der Waals surface area contributed by atoms with Gasteiger partial charge in [-0.25, -0.2) is 13.6 Å². The van der Waals surface area contributed by atoms with E-state index in [1.54, 1.807) is 30.3 Å². The summed E-state index contributed by atoms with van der Waals surface area (Å²) in [6.45, 7) is 2.10. The van der Waals surface area contributed by atoms with Crippen molar-refractivity contribution in [2.75, 3.05) is 7.11 Å². The molecule has 0 radical (unpaired) electrons. The standard InChI is InChI=1S/C22H23BF2O3/c1-3-4-5-6-14-7-10-17(19(11-14)22(23,24)25)18-12-15-8-9-16(27-2)13-20(15)28-21(18)26/h7-13H,3-6,23H2,1-2H3. The number of hydrogen-bond acceptors (Lipinski definition) is 3. The van der Waals surface area contributed by atoms with Crippen LogP contribution in [0.15, 0.2) is 51.7 Å². The van der Waals surface area contributed by atoms with Gasteiger partial charge in [-0.05, 0) is 42.2 Å². The molecule has 6 heteroatoms. The van der Waals surface area contributed by atoms with Crippen molar-refractivity contribution in [2.45, 2.75) is 38.4 Å². The SMILES string of the molecule is BC(F)(F)c1cc(CCCCC)ccc1-c1cc2ccc(OC)cc2oc1=O. The number of unbranched alkanes of at least 4 members (excludes halogenated alkanes) is 2. The Balaban J connectivity index is 2.11. The van der Waals surface area contributed by atoms with Crippen LogP contribution in [0.2, 0.25) is 0 Å². The molecule has 3 rings (SSSR count). The summed E-state index contributed by atoms with van der Waals surface area (Å²) in [5, 5.41) is 0.646.